The Labute approximate surface area is 117 Å². The molecule has 1 saturated carbocycles. The minimum absolute atomic E-state index is 0.0390. The van der Waals surface area contributed by atoms with Gasteiger partial charge in [-0.25, -0.2) is 0 Å². The summed E-state index contributed by atoms with van der Waals surface area (Å²) in [5.74, 6) is 0.561. The first-order valence-corrected chi connectivity index (χ1v) is 7.20. The zero-order valence-corrected chi connectivity index (χ0v) is 11.5. The molecule has 1 aromatic heterocycles. The number of carbonyl (C=O) groups excluding carboxylic acids is 1. The van der Waals surface area contributed by atoms with Crippen LogP contribution in [0.3, 0.4) is 0 Å². The summed E-state index contributed by atoms with van der Waals surface area (Å²) in [6.45, 7) is 0.843. The molecule has 20 heavy (non-hydrogen) atoms. The summed E-state index contributed by atoms with van der Waals surface area (Å²) in [4.78, 5) is 12.5. The average Bonchev–Trinajstić information content (AvgIpc) is 2.98. The molecule has 1 saturated heterocycles. The van der Waals surface area contributed by atoms with Crippen LogP contribution in [0.15, 0.2) is 30.5 Å². The Hall–Kier alpha value is -1.81. The van der Waals surface area contributed by atoms with Crippen molar-refractivity contribution in [1.29, 1.82) is 0 Å². The van der Waals surface area contributed by atoms with Crippen LogP contribution < -0.4 is 5.32 Å². The first kappa shape index (κ1) is 12.0. The van der Waals surface area contributed by atoms with E-state index in [1.807, 2.05) is 42.1 Å². The maximum Gasteiger partial charge on any atom is 0.253 e. The smallest absolute Gasteiger partial charge is 0.253 e. The standard InChI is InChI=1S/C16H18N2O2/c1-18-9-12(10-4-2-3-5-14(10)18)16(19)17-13-8-15-11(13)6-7-20-15/h2-5,9,11,13,15H,6-8H2,1H3,(H,17,19)/t11-,13+,15+/m0/s1. The van der Waals surface area contributed by atoms with Crippen LogP contribution >= 0.6 is 0 Å². The zero-order valence-electron chi connectivity index (χ0n) is 11.5. The van der Waals surface area contributed by atoms with Gasteiger partial charge in [0.25, 0.3) is 5.91 Å². The van der Waals surface area contributed by atoms with Crippen molar-refractivity contribution in [2.24, 2.45) is 13.0 Å². The van der Waals surface area contributed by atoms with E-state index in [2.05, 4.69) is 5.32 Å². The lowest BCUT2D eigenvalue weighted by atomic mass is 9.76. The number of hydrogen-bond donors (Lipinski definition) is 1. The van der Waals surface area contributed by atoms with E-state index < -0.39 is 0 Å². The average molecular weight is 270 g/mol. The van der Waals surface area contributed by atoms with E-state index in [-0.39, 0.29) is 11.9 Å². The molecule has 1 aliphatic carbocycles. The molecule has 2 heterocycles. The maximum atomic E-state index is 12.5. The van der Waals surface area contributed by atoms with Crippen LogP contribution in [0.25, 0.3) is 10.9 Å². The van der Waals surface area contributed by atoms with Crippen LogP contribution in [-0.2, 0) is 11.8 Å². The predicted octanol–water partition coefficient (Wildman–Crippen LogP) is 2.09. The number of nitrogens with zero attached hydrogens (tertiary/aromatic N) is 1. The molecule has 0 unspecified atom stereocenters. The van der Waals surface area contributed by atoms with E-state index in [9.17, 15) is 4.79 Å². The highest BCUT2D eigenvalue weighted by atomic mass is 16.5. The van der Waals surface area contributed by atoms with Crippen LogP contribution in [0, 0.1) is 5.92 Å². The SMILES string of the molecule is Cn1cc(C(=O)N[C@@H]2C[C@H]3OCC[C@@H]23)c2ccccc21. The molecule has 4 heteroatoms. The highest BCUT2D eigenvalue weighted by molar-refractivity contribution is 6.07. The molecule has 1 N–H and O–H groups in total. The molecule has 4 rings (SSSR count). The molecule has 2 aromatic rings. The number of hydrogen-bond acceptors (Lipinski definition) is 2. The van der Waals surface area contributed by atoms with E-state index in [0.717, 1.165) is 35.9 Å². The molecular weight excluding hydrogens is 252 g/mol. The minimum atomic E-state index is 0.0390. The fourth-order valence-corrected chi connectivity index (χ4v) is 3.53. The molecule has 0 bridgehead atoms. The number of carbonyl (C=O) groups is 1. The Kier molecular flexibility index (Phi) is 2.60. The third kappa shape index (κ3) is 1.68. The fourth-order valence-electron chi connectivity index (χ4n) is 3.53. The lowest BCUT2D eigenvalue weighted by molar-refractivity contribution is 0.00812. The summed E-state index contributed by atoms with van der Waals surface area (Å²) >= 11 is 0. The van der Waals surface area contributed by atoms with Gasteiger partial charge in [0.15, 0.2) is 0 Å². The van der Waals surface area contributed by atoms with Gasteiger partial charge in [-0.15, -0.1) is 0 Å². The van der Waals surface area contributed by atoms with Gasteiger partial charge >= 0.3 is 0 Å². The second kappa shape index (κ2) is 4.35. The van der Waals surface area contributed by atoms with Gasteiger partial charge in [-0.05, 0) is 18.9 Å². The van der Waals surface area contributed by atoms with Crippen molar-refractivity contribution in [2.45, 2.75) is 25.0 Å². The lowest BCUT2D eigenvalue weighted by Crippen LogP contribution is -2.53. The van der Waals surface area contributed by atoms with Crippen molar-refractivity contribution in [2.75, 3.05) is 6.61 Å². The molecular formula is C16H18N2O2. The van der Waals surface area contributed by atoms with Gasteiger partial charge in [-0.3, -0.25) is 4.79 Å². The van der Waals surface area contributed by atoms with Crippen LogP contribution in [0.2, 0.25) is 0 Å². The van der Waals surface area contributed by atoms with Crippen molar-refractivity contribution >= 4 is 16.8 Å². The van der Waals surface area contributed by atoms with Gasteiger partial charge in [-0.1, -0.05) is 18.2 Å². The van der Waals surface area contributed by atoms with E-state index in [0.29, 0.717) is 12.0 Å². The third-order valence-electron chi connectivity index (χ3n) is 4.72. The summed E-state index contributed by atoms with van der Waals surface area (Å²) in [5.41, 5.74) is 1.86. The monoisotopic (exact) mass is 270 g/mol. The molecule has 2 aliphatic rings. The lowest BCUT2D eigenvalue weighted by Gasteiger charge is -2.39. The van der Waals surface area contributed by atoms with E-state index in [1.165, 1.54) is 0 Å². The number of aryl methyl sites for hydroxylation is 1. The van der Waals surface area contributed by atoms with Gasteiger partial charge in [0.2, 0.25) is 0 Å². The van der Waals surface area contributed by atoms with Crippen molar-refractivity contribution < 1.29 is 9.53 Å². The normalized spacial score (nSPS) is 28.1. The molecule has 1 aliphatic heterocycles. The van der Waals surface area contributed by atoms with Crippen LogP contribution in [0.5, 0.6) is 0 Å². The largest absolute Gasteiger partial charge is 0.378 e. The summed E-state index contributed by atoms with van der Waals surface area (Å²) in [5, 5.41) is 4.20. The maximum absolute atomic E-state index is 12.5. The molecule has 1 aromatic carbocycles. The van der Waals surface area contributed by atoms with Crippen LogP contribution in [0.1, 0.15) is 23.2 Å². The fraction of sp³-hybridized carbons (Fsp3) is 0.438. The Morgan fingerprint density at radius 1 is 1.40 bits per heavy atom. The van der Waals surface area contributed by atoms with Gasteiger partial charge in [0, 0.05) is 42.7 Å². The van der Waals surface area contributed by atoms with Crippen molar-refractivity contribution in [3.8, 4) is 0 Å². The highest BCUT2D eigenvalue weighted by Gasteiger charge is 2.45. The van der Waals surface area contributed by atoms with Gasteiger partial charge < -0.3 is 14.6 Å². The Bertz CT molecular complexity index is 676. The number of para-hydroxylation sites is 1. The summed E-state index contributed by atoms with van der Waals surface area (Å²) in [6.07, 6.45) is 4.33. The Balaban J connectivity index is 1.58. The number of aromatic nitrogens is 1. The molecule has 4 nitrogen and oxygen atoms in total. The second-order valence-electron chi connectivity index (χ2n) is 5.85. The number of ether oxygens (including phenoxy) is 1. The zero-order chi connectivity index (χ0) is 13.7. The van der Waals surface area contributed by atoms with Crippen LogP contribution in [0.4, 0.5) is 0 Å². The first-order chi connectivity index (χ1) is 9.74. The molecule has 104 valence electrons. The number of nitrogens with one attached hydrogen (secondary N) is 1. The quantitative estimate of drug-likeness (QED) is 0.908. The minimum Gasteiger partial charge on any atom is -0.378 e. The first-order valence-electron chi connectivity index (χ1n) is 7.20. The van der Waals surface area contributed by atoms with Crippen LogP contribution in [-0.4, -0.2) is 29.2 Å². The Morgan fingerprint density at radius 2 is 2.25 bits per heavy atom. The predicted molar refractivity (Wildman–Crippen MR) is 76.6 cm³/mol. The van der Waals surface area contributed by atoms with Crippen molar-refractivity contribution in [1.82, 2.24) is 9.88 Å². The third-order valence-corrected chi connectivity index (χ3v) is 4.72. The summed E-state index contributed by atoms with van der Waals surface area (Å²) in [6, 6.07) is 8.30. The molecule has 1 amide bonds. The van der Waals surface area contributed by atoms with E-state index >= 15 is 0 Å². The summed E-state index contributed by atoms with van der Waals surface area (Å²) in [7, 11) is 1.98. The van der Waals surface area contributed by atoms with Gasteiger partial charge in [0.1, 0.15) is 0 Å². The summed E-state index contributed by atoms with van der Waals surface area (Å²) < 4.78 is 7.59. The second-order valence-corrected chi connectivity index (χ2v) is 5.85. The molecule has 0 radical (unpaired) electrons. The van der Waals surface area contributed by atoms with Crippen molar-refractivity contribution in [3.63, 3.8) is 0 Å². The highest BCUT2D eigenvalue weighted by Crippen LogP contribution is 2.38. The van der Waals surface area contributed by atoms with Crippen molar-refractivity contribution in [3.05, 3.63) is 36.0 Å². The molecule has 3 atom stereocenters. The number of amides is 1. The molecule has 0 spiro atoms. The topological polar surface area (TPSA) is 43.3 Å². The number of rotatable bonds is 2. The van der Waals surface area contributed by atoms with E-state index in [1.54, 1.807) is 0 Å². The van der Waals surface area contributed by atoms with Gasteiger partial charge in [-0.2, -0.15) is 0 Å². The van der Waals surface area contributed by atoms with Gasteiger partial charge in [0.05, 0.1) is 11.7 Å². The molecule has 2 fully saturated rings. The Morgan fingerprint density at radius 3 is 3.10 bits per heavy atom. The number of benzene rings is 1. The van der Waals surface area contributed by atoms with E-state index in [4.69, 9.17) is 4.74 Å². The number of fused-ring (bicyclic) bond motifs is 2.